The van der Waals surface area contributed by atoms with E-state index in [0.717, 1.165) is 31.1 Å². The van der Waals surface area contributed by atoms with Crippen molar-refractivity contribution < 1.29 is 4.43 Å². The van der Waals surface area contributed by atoms with Gasteiger partial charge in [-0.05, 0) is 105 Å². The van der Waals surface area contributed by atoms with Gasteiger partial charge < -0.3 is 4.43 Å². The molecule has 0 aromatic carbocycles. The van der Waals surface area contributed by atoms with Crippen LogP contribution < -0.4 is 0 Å². The average Bonchev–Trinajstić information content (AvgIpc) is 3.10. The zero-order chi connectivity index (χ0) is 25.3. The van der Waals surface area contributed by atoms with Crippen molar-refractivity contribution in [3.63, 3.8) is 0 Å². The molecular weight excluding hydrogens is 428 g/mol. The second-order valence-electron chi connectivity index (χ2n) is 13.5. The van der Waals surface area contributed by atoms with Gasteiger partial charge in [-0.1, -0.05) is 71.4 Å². The van der Waals surface area contributed by atoms with Crippen molar-refractivity contribution in [1.29, 1.82) is 0 Å². The van der Waals surface area contributed by atoms with Crippen LogP contribution in [0.5, 0.6) is 0 Å². The molecule has 0 aromatic rings. The molecule has 0 heterocycles. The average molecular weight is 481 g/mol. The molecule has 0 N–H and O–H groups in total. The molecule has 3 rings (SSSR count). The van der Waals surface area contributed by atoms with E-state index < -0.39 is 8.32 Å². The lowest BCUT2D eigenvalue weighted by atomic mass is 9.61. The number of rotatable bonds is 5. The Labute approximate surface area is 213 Å². The molecule has 3 fully saturated rings. The van der Waals surface area contributed by atoms with E-state index in [1.165, 1.54) is 37.7 Å². The van der Waals surface area contributed by atoms with Gasteiger partial charge in [0, 0.05) is 6.42 Å². The molecule has 6 atom stereocenters. The minimum absolute atomic E-state index is 0.183. The quantitative estimate of drug-likeness (QED) is 0.216. The molecule has 0 amide bonds. The third kappa shape index (κ3) is 5.68. The topological polar surface area (TPSA) is 9.23 Å². The van der Waals surface area contributed by atoms with Gasteiger partial charge in [0.25, 0.3) is 0 Å². The third-order valence-corrected chi connectivity index (χ3v) is 14.7. The van der Waals surface area contributed by atoms with E-state index in [4.69, 9.17) is 4.43 Å². The van der Waals surface area contributed by atoms with Crippen LogP contribution >= 0.6 is 0 Å². The van der Waals surface area contributed by atoms with Crippen LogP contribution in [-0.4, -0.2) is 14.4 Å². The fraction of sp³-hybridized carbons (Fsp3) is 0.750. The number of hydrogen-bond donors (Lipinski definition) is 0. The van der Waals surface area contributed by atoms with Crippen molar-refractivity contribution in [2.45, 2.75) is 124 Å². The molecule has 3 aliphatic carbocycles. The van der Waals surface area contributed by atoms with Crippen molar-refractivity contribution in [3.8, 4) is 11.8 Å². The van der Waals surface area contributed by atoms with E-state index in [-0.39, 0.29) is 11.1 Å². The van der Waals surface area contributed by atoms with Gasteiger partial charge in [0.15, 0.2) is 8.32 Å². The molecule has 190 valence electrons. The smallest absolute Gasteiger partial charge is 0.192 e. The molecule has 0 bridgehead atoms. The van der Waals surface area contributed by atoms with E-state index in [1.807, 2.05) is 6.92 Å². The number of hydrogen-bond acceptors (Lipinski definition) is 1. The number of allylic oxidation sites excluding steroid dienone is 3. The highest BCUT2D eigenvalue weighted by Gasteiger charge is 2.50. The first-order chi connectivity index (χ1) is 15.8. The van der Waals surface area contributed by atoms with Gasteiger partial charge in [0.2, 0.25) is 0 Å². The standard InChI is InChI=1S/C32H52OSi/c1-11-12-14-23(2)28-18-19-29-27(15-13-20-32(28,29)8)17-16-26-21-24(3)25(4)30(22-26)33-34(9,10)31(5,6)7/h16-17,23-24,28-30H,4,13-15,18-22H2,1-3,5-10H3/b26-16-,27-17+/t23-,24-,28-,29?,30-,32-/m1/s1. The van der Waals surface area contributed by atoms with Gasteiger partial charge in [-0.25, -0.2) is 0 Å². The maximum atomic E-state index is 6.87. The molecule has 0 aliphatic heterocycles. The lowest BCUT2D eigenvalue weighted by Crippen LogP contribution is -2.45. The molecule has 0 radical (unpaired) electrons. The fourth-order valence-corrected chi connectivity index (χ4v) is 8.22. The van der Waals surface area contributed by atoms with Gasteiger partial charge in [0.05, 0.1) is 6.10 Å². The summed E-state index contributed by atoms with van der Waals surface area (Å²) < 4.78 is 6.87. The molecule has 0 aromatic heterocycles. The zero-order valence-electron chi connectivity index (χ0n) is 23.8. The first-order valence-electron chi connectivity index (χ1n) is 13.9. The molecule has 34 heavy (non-hydrogen) atoms. The SMILES string of the molecule is C=C1[C@H](C)C/C(=C/C=C2\CCC[C@@]3(C)C2CC[C@@H]3[C@H](C)CC#CC)C[C@H]1O[Si](C)(C)C(C)(C)C. The lowest BCUT2D eigenvalue weighted by Gasteiger charge is -2.44. The van der Waals surface area contributed by atoms with Crippen LogP contribution in [0.2, 0.25) is 18.1 Å². The Balaban J connectivity index is 1.77. The van der Waals surface area contributed by atoms with Crippen LogP contribution in [0, 0.1) is 40.9 Å². The minimum atomic E-state index is -1.82. The van der Waals surface area contributed by atoms with Crippen LogP contribution in [0.4, 0.5) is 0 Å². The molecule has 1 unspecified atom stereocenters. The second kappa shape index (κ2) is 10.5. The summed E-state index contributed by atoms with van der Waals surface area (Å²) in [5, 5.41) is 0.227. The first kappa shape index (κ1) is 27.5. The molecule has 0 spiro atoms. The monoisotopic (exact) mass is 480 g/mol. The summed E-state index contributed by atoms with van der Waals surface area (Å²) in [6, 6.07) is 0. The molecular formula is C32H52OSi. The predicted molar refractivity (Wildman–Crippen MR) is 151 cm³/mol. The van der Waals surface area contributed by atoms with Crippen LogP contribution in [0.15, 0.2) is 35.5 Å². The Hall–Kier alpha value is -1.04. The Morgan fingerprint density at radius 1 is 1.21 bits per heavy atom. The summed E-state index contributed by atoms with van der Waals surface area (Å²) >= 11 is 0. The van der Waals surface area contributed by atoms with Crippen molar-refractivity contribution in [3.05, 3.63) is 35.5 Å². The van der Waals surface area contributed by atoms with Crippen molar-refractivity contribution >= 4 is 8.32 Å². The predicted octanol–water partition coefficient (Wildman–Crippen LogP) is 9.48. The minimum Gasteiger partial charge on any atom is -0.410 e. The van der Waals surface area contributed by atoms with Crippen LogP contribution in [0.1, 0.15) is 99.8 Å². The van der Waals surface area contributed by atoms with Crippen molar-refractivity contribution in [1.82, 2.24) is 0 Å². The van der Waals surface area contributed by atoms with Crippen LogP contribution in [-0.2, 0) is 4.43 Å². The molecule has 2 heteroatoms. The largest absolute Gasteiger partial charge is 0.410 e. The van der Waals surface area contributed by atoms with E-state index in [2.05, 4.69) is 85.2 Å². The normalized spacial score (nSPS) is 35.7. The maximum Gasteiger partial charge on any atom is 0.192 e. The van der Waals surface area contributed by atoms with E-state index in [1.54, 1.807) is 11.1 Å². The Morgan fingerprint density at radius 3 is 2.56 bits per heavy atom. The maximum absolute atomic E-state index is 6.87. The Morgan fingerprint density at radius 2 is 1.91 bits per heavy atom. The summed E-state index contributed by atoms with van der Waals surface area (Å²) in [7, 11) is -1.82. The van der Waals surface area contributed by atoms with Gasteiger partial charge in [-0.15, -0.1) is 11.8 Å². The second-order valence-corrected chi connectivity index (χ2v) is 18.3. The van der Waals surface area contributed by atoms with Gasteiger partial charge in [-0.3, -0.25) is 0 Å². The summed E-state index contributed by atoms with van der Waals surface area (Å²) in [5.74, 6) is 9.27. The van der Waals surface area contributed by atoms with E-state index in [9.17, 15) is 0 Å². The van der Waals surface area contributed by atoms with E-state index >= 15 is 0 Å². The summed E-state index contributed by atoms with van der Waals surface area (Å²) in [6.45, 7) is 25.6. The highest BCUT2D eigenvalue weighted by Crippen LogP contribution is 2.59. The molecule has 0 saturated heterocycles. The van der Waals surface area contributed by atoms with Gasteiger partial charge >= 0.3 is 0 Å². The number of fused-ring (bicyclic) bond motifs is 1. The van der Waals surface area contributed by atoms with E-state index in [0.29, 0.717) is 17.3 Å². The molecule has 3 aliphatic rings. The first-order valence-corrected chi connectivity index (χ1v) is 16.9. The Bertz CT molecular complexity index is 873. The highest BCUT2D eigenvalue weighted by molar-refractivity contribution is 6.74. The van der Waals surface area contributed by atoms with Gasteiger partial charge in [0.1, 0.15) is 0 Å². The molecule has 1 nitrogen and oxygen atoms in total. The summed E-state index contributed by atoms with van der Waals surface area (Å²) in [4.78, 5) is 0. The summed E-state index contributed by atoms with van der Waals surface area (Å²) in [5.41, 5.74) is 5.04. The van der Waals surface area contributed by atoms with Crippen LogP contribution in [0.25, 0.3) is 0 Å². The van der Waals surface area contributed by atoms with Crippen molar-refractivity contribution in [2.75, 3.05) is 0 Å². The Kier molecular flexibility index (Phi) is 8.52. The van der Waals surface area contributed by atoms with Crippen LogP contribution in [0.3, 0.4) is 0 Å². The summed E-state index contributed by atoms with van der Waals surface area (Å²) in [6.07, 6.45) is 15.2. The lowest BCUT2D eigenvalue weighted by molar-refractivity contribution is 0.0992. The zero-order valence-corrected chi connectivity index (χ0v) is 24.8. The van der Waals surface area contributed by atoms with Gasteiger partial charge in [-0.2, -0.15) is 0 Å². The van der Waals surface area contributed by atoms with Crippen molar-refractivity contribution in [2.24, 2.45) is 29.1 Å². The fourth-order valence-electron chi connectivity index (χ4n) is 6.92. The molecule has 3 saturated carbocycles. The third-order valence-electron chi connectivity index (χ3n) is 10.2. The highest BCUT2D eigenvalue weighted by atomic mass is 28.4.